The molecule has 3 rings (SSSR count). The highest BCUT2D eigenvalue weighted by Crippen LogP contribution is 2.41. The van der Waals surface area contributed by atoms with Crippen LogP contribution in [0.4, 0.5) is 0 Å². The van der Waals surface area contributed by atoms with Crippen LogP contribution < -0.4 is 5.32 Å². The average molecular weight is 301 g/mol. The van der Waals surface area contributed by atoms with Crippen LogP contribution >= 0.6 is 11.5 Å². The molecule has 1 fully saturated rings. The third-order valence-electron chi connectivity index (χ3n) is 4.49. The van der Waals surface area contributed by atoms with Crippen molar-refractivity contribution < 1.29 is 0 Å². The van der Waals surface area contributed by atoms with Crippen LogP contribution in [-0.2, 0) is 0 Å². The standard InChI is InChI=1S/C17H23N3S/c1-11(2)15-17(21-20-19-15)16(18-3)14-10-5-4-9-13(14)12-7-6-8-12/h4-5,9-12,16,18H,6-8H2,1-3H3. The largest absolute Gasteiger partial charge is 0.309 e. The van der Waals surface area contributed by atoms with Crippen LogP contribution in [0.3, 0.4) is 0 Å². The van der Waals surface area contributed by atoms with Gasteiger partial charge in [-0.15, -0.1) is 5.10 Å². The molecule has 0 spiro atoms. The Bertz CT molecular complexity index is 602. The summed E-state index contributed by atoms with van der Waals surface area (Å²) in [5.74, 6) is 1.14. The molecule has 0 aliphatic heterocycles. The van der Waals surface area contributed by atoms with Crippen LogP contribution in [0.15, 0.2) is 24.3 Å². The molecule has 1 atom stereocenters. The summed E-state index contributed by atoms with van der Waals surface area (Å²) in [4.78, 5) is 1.26. The van der Waals surface area contributed by atoms with Crippen molar-refractivity contribution in [3.63, 3.8) is 0 Å². The highest BCUT2D eigenvalue weighted by atomic mass is 32.1. The van der Waals surface area contributed by atoms with Crippen LogP contribution in [0, 0.1) is 0 Å². The molecule has 1 unspecified atom stereocenters. The van der Waals surface area contributed by atoms with E-state index in [2.05, 4.69) is 53.0 Å². The third-order valence-corrected chi connectivity index (χ3v) is 5.29. The average Bonchev–Trinajstić information content (AvgIpc) is 2.89. The maximum absolute atomic E-state index is 4.35. The molecule has 1 N–H and O–H groups in total. The Balaban J connectivity index is 2.02. The van der Waals surface area contributed by atoms with Crippen molar-refractivity contribution in [1.29, 1.82) is 0 Å². The molecule has 4 heteroatoms. The fraction of sp³-hybridized carbons (Fsp3) is 0.529. The smallest absolute Gasteiger partial charge is 0.0832 e. The molecule has 1 aromatic carbocycles. The van der Waals surface area contributed by atoms with Crippen LogP contribution in [0.2, 0.25) is 0 Å². The first kappa shape index (κ1) is 14.7. The minimum atomic E-state index is 0.208. The van der Waals surface area contributed by atoms with Gasteiger partial charge in [-0.3, -0.25) is 0 Å². The van der Waals surface area contributed by atoms with Gasteiger partial charge in [-0.25, -0.2) is 0 Å². The van der Waals surface area contributed by atoms with Gasteiger partial charge in [-0.1, -0.05) is 49.0 Å². The molecule has 112 valence electrons. The maximum atomic E-state index is 4.35. The summed E-state index contributed by atoms with van der Waals surface area (Å²) in [6.45, 7) is 4.37. The van der Waals surface area contributed by atoms with Crippen LogP contribution in [0.1, 0.15) is 72.7 Å². The Morgan fingerprint density at radius 2 is 2.00 bits per heavy atom. The van der Waals surface area contributed by atoms with Crippen molar-refractivity contribution in [3.05, 3.63) is 46.0 Å². The SMILES string of the molecule is CNC(c1ccccc1C1CCC1)c1snnc1C(C)C. The van der Waals surface area contributed by atoms with Gasteiger partial charge in [0.25, 0.3) is 0 Å². The second-order valence-electron chi connectivity index (χ2n) is 6.16. The highest BCUT2D eigenvalue weighted by Gasteiger charge is 2.28. The van der Waals surface area contributed by atoms with E-state index in [0.29, 0.717) is 5.92 Å². The van der Waals surface area contributed by atoms with E-state index in [0.717, 1.165) is 11.6 Å². The van der Waals surface area contributed by atoms with E-state index in [1.807, 2.05) is 7.05 Å². The number of hydrogen-bond donors (Lipinski definition) is 1. The minimum absolute atomic E-state index is 0.208. The predicted molar refractivity (Wildman–Crippen MR) is 87.9 cm³/mol. The van der Waals surface area contributed by atoms with Crippen molar-refractivity contribution in [2.45, 2.75) is 51.0 Å². The van der Waals surface area contributed by atoms with Gasteiger partial charge in [0.2, 0.25) is 0 Å². The van der Waals surface area contributed by atoms with Crippen molar-refractivity contribution in [2.24, 2.45) is 0 Å². The monoisotopic (exact) mass is 301 g/mol. The number of rotatable bonds is 5. The lowest BCUT2D eigenvalue weighted by molar-refractivity contribution is 0.415. The number of nitrogens with one attached hydrogen (secondary N) is 1. The molecule has 1 saturated carbocycles. The lowest BCUT2D eigenvalue weighted by Gasteiger charge is -2.30. The number of aromatic nitrogens is 2. The molecule has 1 aliphatic carbocycles. The van der Waals surface area contributed by atoms with Crippen molar-refractivity contribution >= 4 is 11.5 Å². The molecule has 0 saturated heterocycles. The van der Waals surface area contributed by atoms with Crippen molar-refractivity contribution in [3.8, 4) is 0 Å². The van der Waals surface area contributed by atoms with E-state index in [1.54, 1.807) is 0 Å². The van der Waals surface area contributed by atoms with E-state index in [1.165, 1.54) is 46.8 Å². The number of nitrogens with zero attached hydrogens (tertiary/aromatic N) is 2. The normalized spacial score (nSPS) is 17.0. The lowest BCUT2D eigenvalue weighted by Crippen LogP contribution is -2.22. The maximum Gasteiger partial charge on any atom is 0.0832 e. The van der Waals surface area contributed by atoms with Crippen LogP contribution in [-0.4, -0.2) is 16.6 Å². The Morgan fingerprint density at radius 3 is 2.62 bits per heavy atom. The summed E-state index contributed by atoms with van der Waals surface area (Å²) in [5.41, 5.74) is 4.03. The second kappa shape index (κ2) is 6.24. The molecule has 2 aromatic rings. The Morgan fingerprint density at radius 1 is 1.24 bits per heavy atom. The van der Waals surface area contributed by atoms with E-state index >= 15 is 0 Å². The minimum Gasteiger partial charge on any atom is -0.309 e. The van der Waals surface area contributed by atoms with Gasteiger partial charge in [-0.2, -0.15) is 0 Å². The van der Waals surface area contributed by atoms with Gasteiger partial charge in [0, 0.05) is 0 Å². The lowest BCUT2D eigenvalue weighted by atomic mass is 9.77. The van der Waals surface area contributed by atoms with Gasteiger partial charge in [-0.05, 0) is 54.4 Å². The molecule has 21 heavy (non-hydrogen) atoms. The van der Waals surface area contributed by atoms with Gasteiger partial charge < -0.3 is 5.32 Å². The van der Waals surface area contributed by atoms with Gasteiger partial charge in [0.05, 0.1) is 16.6 Å². The Hall–Kier alpha value is -1.26. The van der Waals surface area contributed by atoms with Gasteiger partial charge in [0.15, 0.2) is 0 Å². The molecule has 1 aromatic heterocycles. The van der Waals surface area contributed by atoms with Gasteiger partial charge >= 0.3 is 0 Å². The van der Waals surface area contributed by atoms with Crippen molar-refractivity contribution in [1.82, 2.24) is 14.9 Å². The quantitative estimate of drug-likeness (QED) is 0.897. The molecule has 0 radical (unpaired) electrons. The molecule has 3 nitrogen and oxygen atoms in total. The first-order valence-corrected chi connectivity index (χ1v) is 8.58. The zero-order chi connectivity index (χ0) is 14.8. The molecule has 0 amide bonds. The summed E-state index contributed by atoms with van der Waals surface area (Å²) in [7, 11) is 2.03. The Kier molecular flexibility index (Phi) is 4.36. The first-order valence-electron chi connectivity index (χ1n) is 7.80. The van der Waals surface area contributed by atoms with Crippen LogP contribution in [0.25, 0.3) is 0 Å². The van der Waals surface area contributed by atoms with E-state index in [9.17, 15) is 0 Å². The fourth-order valence-electron chi connectivity index (χ4n) is 3.10. The van der Waals surface area contributed by atoms with E-state index in [-0.39, 0.29) is 6.04 Å². The van der Waals surface area contributed by atoms with Gasteiger partial charge in [0.1, 0.15) is 0 Å². The summed E-state index contributed by atoms with van der Waals surface area (Å²) in [6.07, 6.45) is 4.01. The van der Waals surface area contributed by atoms with Crippen LogP contribution in [0.5, 0.6) is 0 Å². The fourth-order valence-corrected chi connectivity index (χ4v) is 4.03. The Labute approximate surface area is 131 Å². The summed E-state index contributed by atoms with van der Waals surface area (Å²) < 4.78 is 4.20. The topological polar surface area (TPSA) is 37.8 Å². The molecule has 1 aliphatic rings. The zero-order valence-electron chi connectivity index (χ0n) is 13.0. The third kappa shape index (κ3) is 2.74. The van der Waals surface area contributed by atoms with E-state index < -0.39 is 0 Å². The predicted octanol–water partition coefficient (Wildman–Crippen LogP) is 4.24. The summed E-state index contributed by atoms with van der Waals surface area (Å²) in [5, 5.41) is 7.84. The first-order chi connectivity index (χ1) is 10.2. The highest BCUT2D eigenvalue weighted by molar-refractivity contribution is 7.05. The molecule has 1 heterocycles. The summed E-state index contributed by atoms with van der Waals surface area (Å²) in [6, 6.07) is 9.08. The molecular formula is C17H23N3S. The zero-order valence-corrected chi connectivity index (χ0v) is 13.8. The summed E-state index contributed by atoms with van der Waals surface area (Å²) >= 11 is 1.53. The number of benzene rings is 1. The molecule has 0 bridgehead atoms. The molecular weight excluding hydrogens is 278 g/mol. The number of hydrogen-bond acceptors (Lipinski definition) is 4. The van der Waals surface area contributed by atoms with E-state index in [4.69, 9.17) is 0 Å². The second-order valence-corrected chi connectivity index (χ2v) is 6.94. The van der Waals surface area contributed by atoms with Crippen molar-refractivity contribution in [2.75, 3.05) is 7.05 Å².